The maximum atomic E-state index is 14.2. The first-order chi connectivity index (χ1) is 21.3. The number of hydrogen-bond donors (Lipinski definition) is 1. The van der Waals surface area contributed by atoms with Gasteiger partial charge in [-0.2, -0.15) is 13.2 Å². The molecule has 1 atom stereocenters. The molecule has 7 nitrogen and oxygen atoms in total. The Morgan fingerprint density at radius 3 is 2.20 bits per heavy atom. The summed E-state index contributed by atoms with van der Waals surface area (Å²) in [6.07, 6.45) is -0.0158. The van der Waals surface area contributed by atoms with Crippen molar-refractivity contribution in [2.45, 2.75) is 75.1 Å². The van der Waals surface area contributed by atoms with E-state index in [0.29, 0.717) is 21.0 Å². The summed E-state index contributed by atoms with van der Waals surface area (Å²) in [5, 5.41) is 2.89. The minimum atomic E-state index is -4.88. The van der Waals surface area contributed by atoms with Crippen molar-refractivity contribution in [2.24, 2.45) is 0 Å². The summed E-state index contributed by atoms with van der Waals surface area (Å²) in [6.45, 7) is 0.789. The molecule has 1 saturated carbocycles. The summed E-state index contributed by atoms with van der Waals surface area (Å²) >= 11 is 11.9. The van der Waals surface area contributed by atoms with Crippen molar-refractivity contribution in [2.75, 3.05) is 10.8 Å². The van der Waals surface area contributed by atoms with E-state index >= 15 is 0 Å². The Kier molecular flexibility index (Phi) is 11.4. The van der Waals surface area contributed by atoms with E-state index < -0.39 is 51.0 Å². The first-order valence-electron chi connectivity index (χ1n) is 14.6. The van der Waals surface area contributed by atoms with Crippen LogP contribution in [0.1, 0.15) is 56.6 Å². The highest BCUT2D eigenvalue weighted by Crippen LogP contribution is 2.38. The molecule has 45 heavy (non-hydrogen) atoms. The zero-order valence-electron chi connectivity index (χ0n) is 24.6. The number of anilines is 1. The van der Waals surface area contributed by atoms with E-state index in [2.05, 4.69) is 5.32 Å². The largest absolute Gasteiger partial charge is 0.417 e. The molecule has 0 bridgehead atoms. The zero-order valence-corrected chi connectivity index (χ0v) is 26.9. The molecule has 3 aromatic rings. The molecule has 0 radical (unpaired) electrons. The van der Waals surface area contributed by atoms with Gasteiger partial charge >= 0.3 is 6.18 Å². The fourth-order valence-electron chi connectivity index (χ4n) is 5.38. The second-order valence-corrected chi connectivity index (χ2v) is 13.6. The van der Waals surface area contributed by atoms with Crippen molar-refractivity contribution < 1.29 is 31.2 Å². The van der Waals surface area contributed by atoms with Crippen LogP contribution in [0.25, 0.3) is 0 Å². The highest BCUT2D eigenvalue weighted by Gasteiger charge is 2.37. The molecule has 2 amide bonds. The van der Waals surface area contributed by atoms with E-state index in [1.54, 1.807) is 37.3 Å². The molecule has 13 heteroatoms. The molecule has 0 aliphatic heterocycles. The average Bonchev–Trinajstić information content (AvgIpc) is 3.01. The molecule has 1 aliphatic rings. The maximum absolute atomic E-state index is 14.2. The molecule has 1 fully saturated rings. The standard InChI is InChI=1S/C32H34Cl2F3N3O4S/c1-2-29(31(42)38-24-9-5-3-6-10-24)39(20-22-13-15-23(33)16-14-22)30(41)21-40(45(43,44)26-11-7-4-8-12-26)25-17-18-28(34)27(19-25)32(35,36)37/h4,7-8,11-19,24,29H,2-3,5-6,9-10,20-21H2,1H3,(H,38,42)/t29-/m0/s1. The Hall–Kier alpha value is -3.28. The first-order valence-corrected chi connectivity index (χ1v) is 16.8. The second kappa shape index (κ2) is 14.9. The van der Waals surface area contributed by atoms with E-state index in [1.165, 1.54) is 29.2 Å². The van der Waals surface area contributed by atoms with E-state index in [-0.39, 0.29) is 29.8 Å². The second-order valence-electron chi connectivity index (χ2n) is 10.9. The fourth-order valence-corrected chi connectivity index (χ4v) is 7.16. The summed E-state index contributed by atoms with van der Waals surface area (Å²) in [4.78, 5) is 28.8. The predicted octanol–water partition coefficient (Wildman–Crippen LogP) is 7.46. The van der Waals surface area contributed by atoms with Crippen molar-refractivity contribution in [1.29, 1.82) is 0 Å². The molecule has 0 spiro atoms. The number of benzene rings is 3. The van der Waals surface area contributed by atoms with Crippen molar-refractivity contribution in [1.82, 2.24) is 10.2 Å². The van der Waals surface area contributed by atoms with Gasteiger partial charge in [0.15, 0.2) is 0 Å². The summed E-state index contributed by atoms with van der Waals surface area (Å²) in [5.74, 6) is -1.16. The van der Waals surface area contributed by atoms with Gasteiger partial charge in [-0.25, -0.2) is 8.42 Å². The molecule has 1 N–H and O–H groups in total. The van der Waals surface area contributed by atoms with Gasteiger partial charge in [0.2, 0.25) is 11.8 Å². The van der Waals surface area contributed by atoms with Gasteiger partial charge in [-0.05, 0) is 67.3 Å². The monoisotopic (exact) mass is 683 g/mol. The topological polar surface area (TPSA) is 86.8 Å². The molecule has 0 aromatic heterocycles. The SMILES string of the molecule is CC[C@@H](C(=O)NC1CCCCC1)N(Cc1ccc(Cl)cc1)C(=O)CN(c1ccc(Cl)c(C(F)(F)F)c1)S(=O)(=O)c1ccccc1. The number of carbonyl (C=O) groups is 2. The van der Waals surface area contributed by atoms with Crippen LogP contribution in [-0.4, -0.2) is 43.8 Å². The number of sulfonamides is 1. The van der Waals surface area contributed by atoms with Gasteiger partial charge in [-0.1, -0.05) is 79.7 Å². The normalized spacial score (nSPS) is 14.9. The molecular formula is C32H34Cl2F3N3O4S. The van der Waals surface area contributed by atoms with Gasteiger partial charge in [0.1, 0.15) is 12.6 Å². The quantitative estimate of drug-likeness (QED) is 0.227. The predicted molar refractivity (Wildman–Crippen MR) is 169 cm³/mol. The van der Waals surface area contributed by atoms with Crippen LogP contribution in [0.15, 0.2) is 77.7 Å². The smallest absolute Gasteiger partial charge is 0.352 e. The lowest BCUT2D eigenvalue weighted by molar-refractivity contribution is -0.140. The molecule has 3 aromatic carbocycles. The van der Waals surface area contributed by atoms with Gasteiger partial charge in [0.25, 0.3) is 10.0 Å². The first kappa shape index (κ1) is 34.6. The Morgan fingerprint density at radius 1 is 0.956 bits per heavy atom. The molecule has 0 unspecified atom stereocenters. The number of alkyl halides is 3. The lowest BCUT2D eigenvalue weighted by atomic mass is 9.95. The summed E-state index contributed by atoms with van der Waals surface area (Å²) < 4.78 is 69.9. The molecular weight excluding hydrogens is 650 g/mol. The number of halogens is 5. The molecule has 4 rings (SSSR count). The van der Waals surface area contributed by atoms with Crippen LogP contribution < -0.4 is 9.62 Å². The van der Waals surface area contributed by atoms with Gasteiger partial charge in [0, 0.05) is 17.6 Å². The van der Waals surface area contributed by atoms with Crippen LogP contribution in [0.5, 0.6) is 0 Å². The molecule has 0 saturated heterocycles. The van der Waals surface area contributed by atoms with E-state index in [0.717, 1.165) is 44.2 Å². The minimum absolute atomic E-state index is 0.0439. The third-order valence-electron chi connectivity index (χ3n) is 7.76. The Labute approximate surface area is 271 Å². The van der Waals surface area contributed by atoms with Crippen molar-refractivity contribution >= 4 is 50.7 Å². The number of nitrogens with zero attached hydrogens (tertiary/aromatic N) is 2. The Bertz CT molecular complexity index is 1580. The van der Waals surface area contributed by atoms with Crippen LogP contribution in [0.2, 0.25) is 10.0 Å². The number of nitrogens with one attached hydrogen (secondary N) is 1. The number of rotatable bonds is 11. The maximum Gasteiger partial charge on any atom is 0.417 e. The molecule has 242 valence electrons. The highest BCUT2D eigenvalue weighted by molar-refractivity contribution is 7.92. The lowest BCUT2D eigenvalue weighted by Crippen LogP contribution is -2.54. The van der Waals surface area contributed by atoms with Gasteiger partial charge in [0.05, 0.1) is 21.2 Å². The summed E-state index contributed by atoms with van der Waals surface area (Å²) in [7, 11) is -4.55. The van der Waals surface area contributed by atoms with Crippen LogP contribution in [0, 0.1) is 0 Å². The van der Waals surface area contributed by atoms with Crippen LogP contribution in [0.3, 0.4) is 0 Å². The minimum Gasteiger partial charge on any atom is -0.352 e. The van der Waals surface area contributed by atoms with E-state index in [1.807, 2.05) is 0 Å². The van der Waals surface area contributed by atoms with Crippen LogP contribution in [-0.2, 0) is 32.3 Å². The lowest BCUT2D eigenvalue weighted by Gasteiger charge is -2.34. The Balaban J connectivity index is 1.76. The molecule has 1 aliphatic carbocycles. The number of carbonyl (C=O) groups excluding carboxylic acids is 2. The fraction of sp³-hybridized carbons (Fsp3) is 0.375. The van der Waals surface area contributed by atoms with E-state index in [9.17, 15) is 31.2 Å². The van der Waals surface area contributed by atoms with Gasteiger partial charge < -0.3 is 10.2 Å². The molecule has 0 heterocycles. The van der Waals surface area contributed by atoms with Crippen LogP contribution >= 0.6 is 23.2 Å². The summed E-state index contributed by atoms with van der Waals surface area (Å²) in [5.41, 5.74) is -1.03. The van der Waals surface area contributed by atoms with Crippen molar-refractivity contribution in [3.05, 3.63) is 94.0 Å². The average molecular weight is 685 g/mol. The third kappa shape index (κ3) is 8.71. The summed E-state index contributed by atoms with van der Waals surface area (Å²) in [6, 6.07) is 15.3. The van der Waals surface area contributed by atoms with Crippen molar-refractivity contribution in [3.8, 4) is 0 Å². The Morgan fingerprint density at radius 2 is 1.60 bits per heavy atom. The van der Waals surface area contributed by atoms with E-state index in [4.69, 9.17) is 23.2 Å². The number of hydrogen-bond acceptors (Lipinski definition) is 4. The number of amides is 2. The van der Waals surface area contributed by atoms with Gasteiger partial charge in [-0.15, -0.1) is 0 Å². The van der Waals surface area contributed by atoms with Crippen molar-refractivity contribution in [3.63, 3.8) is 0 Å². The highest BCUT2D eigenvalue weighted by atomic mass is 35.5. The third-order valence-corrected chi connectivity index (χ3v) is 10.1. The van der Waals surface area contributed by atoms with Gasteiger partial charge in [-0.3, -0.25) is 13.9 Å². The zero-order chi connectivity index (χ0) is 32.8. The van der Waals surface area contributed by atoms with Crippen LogP contribution in [0.4, 0.5) is 18.9 Å².